The van der Waals surface area contributed by atoms with Gasteiger partial charge in [0, 0.05) is 0 Å². The second kappa shape index (κ2) is 4.77. The minimum atomic E-state index is -1.21. The molecule has 88 valence electrons. The number of hydrogen-bond acceptors (Lipinski definition) is 3. The number of aliphatic hydroxyl groups excluding tert-OH is 1. The van der Waals surface area contributed by atoms with Crippen LogP contribution >= 0.6 is 0 Å². The van der Waals surface area contributed by atoms with Gasteiger partial charge in [-0.3, -0.25) is 4.79 Å². The van der Waals surface area contributed by atoms with Crippen LogP contribution in [-0.2, 0) is 4.79 Å². The van der Waals surface area contributed by atoms with E-state index in [1.165, 1.54) is 19.9 Å². The summed E-state index contributed by atoms with van der Waals surface area (Å²) in [6.07, 6.45) is 0.887. The third kappa shape index (κ3) is 4.01. The lowest BCUT2D eigenvalue weighted by Gasteiger charge is -2.27. The van der Waals surface area contributed by atoms with Crippen molar-refractivity contribution in [2.75, 3.05) is 0 Å². The zero-order valence-corrected chi connectivity index (χ0v) is 9.53. The fourth-order valence-electron chi connectivity index (χ4n) is 1.09. The van der Waals surface area contributed by atoms with Crippen molar-refractivity contribution < 1.29 is 20.1 Å². The van der Waals surface area contributed by atoms with Gasteiger partial charge < -0.3 is 15.3 Å². The highest BCUT2D eigenvalue weighted by molar-refractivity contribution is 5.76. The van der Waals surface area contributed by atoms with Gasteiger partial charge in [0.1, 0.15) is 0 Å². The smallest absolute Gasteiger partial charge is 0.313 e. The SMILES string of the molecule is C=C[C@](C)(CC[C@H](O)C(C)(C)O)C(=O)O. The molecule has 0 heterocycles. The van der Waals surface area contributed by atoms with E-state index in [1.54, 1.807) is 6.92 Å². The molecule has 0 amide bonds. The van der Waals surface area contributed by atoms with E-state index in [2.05, 4.69) is 6.58 Å². The summed E-state index contributed by atoms with van der Waals surface area (Å²) >= 11 is 0. The molecule has 0 rings (SSSR count). The lowest BCUT2D eigenvalue weighted by molar-refractivity contribution is -0.146. The number of carboxylic acids is 1. The molecule has 4 nitrogen and oxygen atoms in total. The van der Waals surface area contributed by atoms with Crippen LogP contribution in [0.1, 0.15) is 33.6 Å². The molecule has 0 fully saturated rings. The Morgan fingerprint density at radius 2 is 1.93 bits per heavy atom. The highest BCUT2D eigenvalue weighted by Crippen LogP contribution is 2.27. The molecule has 0 aliphatic carbocycles. The minimum Gasteiger partial charge on any atom is -0.481 e. The van der Waals surface area contributed by atoms with Crippen molar-refractivity contribution in [3.8, 4) is 0 Å². The Labute approximate surface area is 90.2 Å². The Balaban J connectivity index is 4.37. The molecule has 0 saturated heterocycles. The number of rotatable bonds is 6. The van der Waals surface area contributed by atoms with Gasteiger partial charge in [0.05, 0.1) is 17.1 Å². The Hall–Kier alpha value is -0.870. The van der Waals surface area contributed by atoms with Crippen molar-refractivity contribution in [1.29, 1.82) is 0 Å². The van der Waals surface area contributed by atoms with Gasteiger partial charge in [-0.05, 0) is 33.6 Å². The maximum Gasteiger partial charge on any atom is 0.313 e. The monoisotopic (exact) mass is 216 g/mol. The van der Waals surface area contributed by atoms with Crippen LogP contribution in [0, 0.1) is 5.41 Å². The van der Waals surface area contributed by atoms with Crippen LogP contribution in [0.5, 0.6) is 0 Å². The summed E-state index contributed by atoms with van der Waals surface area (Å²) in [4.78, 5) is 10.9. The van der Waals surface area contributed by atoms with Gasteiger partial charge in [0.15, 0.2) is 0 Å². The average Bonchev–Trinajstić information content (AvgIpc) is 2.11. The van der Waals surface area contributed by atoms with E-state index in [-0.39, 0.29) is 12.8 Å². The maximum absolute atomic E-state index is 10.9. The first-order valence-electron chi connectivity index (χ1n) is 4.91. The van der Waals surface area contributed by atoms with Gasteiger partial charge in [0.2, 0.25) is 0 Å². The van der Waals surface area contributed by atoms with E-state index < -0.39 is 23.1 Å². The zero-order chi connectivity index (χ0) is 12.3. The molecule has 0 aromatic carbocycles. The van der Waals surface area contributed by atoms with Crippen molar-refractivity contribution in [2.24, 2.45) is 5.41 Å². The first-order valence-corrected chi connectivity index (χ1v) is 4.91. The topological polar surface area (TPSA) is 77.8 Å². The normalized spacial score (nSPS) is 17.9. The number of carbonyl (C=O) groups is 1. The molecule has 0 aromatic rings. The van der Waals surface area contributed by atoms with E-state index in [1.807, 2.05) is 0 Å². The largest absolute Gasteiger partial charge is 0.481 e. The van der Waals surface area contributed by atoms with Gasteiger partial charge >= 0.3 is 5.97 Å². The summed E-state index contributed by atoms with van der Waals surface area (Å²) in [7, 11) is 0. The van der Waals surface area contributed by atoms with Crippen molar-refractivity contribution in [3.05, 3.63) is 12.7 Å². The highest BCUT2D eigenvalue weighted by Gasteiger charge is 2.32. The summed E-state index contributed by atoms with van der Waals surface area (Å²) < 4.78 is 0. The third-order valence-corrected chi connectivity index (χ3v) is 2.69. The Bertz CT molecular complexity index is 241. The van der Waals surface area contributed by atoms with Crippen LogP contribution in [0.3, 0.4) is 0 Å². The number of hydrogen-bond donors (Lipinski definition) is 3. The maximum atomic E-state index is 10.9. The van der Waals surface area contributed by atoms with Crippen LogP contribution in [0.15, 0.2) is 12.7 Å². The Kier molecular flexibility index (Phi) is 4.49. The van der Waals surface area contributed by atoms with Crippen molar-refractivity contribution >= 4 is 5.97 Å². The standard InChI is InChI=1S/C11H20O4/c1-5-11(4,9(13)14)7-6-8(12)10(2,3)15/h5,8,12,15H,1,6-7H2,2-4H3,(H,13,14)/t8-,11+/m0/s1. The van der Waals surface area contributed by atoms with Crippen LogP contribution in [0.2, 0.25) is 0 Å². The highest BCUT2D eigenvalue weighted by atomic mass is 16.4. The van der Waals surface area contributed by atoms with Gasteiger partial charge in [-0.2, -0.15) is 0 Å². The van der Waals surface area contributed by atoms with Gasteiger partial charge in [-0.25, -0.2) is 0 Å². The van der Waals surface area contributed by atoms with Gasteiger partial charge in [-0.15, -0.1) is 6.58 Å². The second-order valence-corrected chi connectivity index (χ2v) is 4.63. The average molecular weight is 216 g/mol. The molecule has 0 aliphatic heterocycles. The first-order chi connectivity index (χ1) is 6.63. The fraction of sp³-hybridized carbons (Fsp3) is 0.727. The molecule has 2 atom stereocenters. The van der Waals surface area contributed by atoms with E-state index in [4.69, 9.17) is 5.11 Å². The van der Waals surface area contributed by atoms with Gasteiger partial charge in [-0.1, -0.05) is 6.08 Å². The minimum absolute atomic E-state index is 0.221. The summed E-state index contributed by atoms with van der Waals surface area (Å²) in [5.74, 6) is -0.972. The van der Waals surface area contributed by atoms with Crippen LogP contribution < -0.4 is 0 Å². The molecule has 0 unspecified atom stereocenters. The van der Waals surface area contributed by atoms with E-state index in [9.17, 15) is 15.0 Å². The van der Waals surface area contributed by atoms with Crippen LogP contribution in [0.25, 0.3) is 0 Å². The number of carboxylic acid groups (broad SMARTS) is 1. The summed E-state index contributed by atoms with van der Waals surface area (Å²) in [5.41, 5.74) is -2.26. The second-order valence-electron chi connectivity index (χ2n) is 4.63. The summed E-state index contributed by atoms with van der Waals surface area (Å²) in [6, 6.07) is 0. The predicted molar refractivity (Wildman–Crippen MR) is 57.5 cm³/mol. The molecule has 0 saturated carbocycles. The number of aliphatic hydroxyl groups is 2. The zero-order valence-electron chi connectivity index (χ0n) is 9.53. The lowest BCUT2D eigenvalue weighted by Crippen LogP contribution is -2.37. The summed E-state index contributed by atoms with van der Waals surface area (Å²) in [5, 5.41) is 28.0. The van der Waals surface area contributed by atoms with E-state index in [0.717, 1.165) is 0 Å². The molecule has 0 radical (unpaired) electrons. The number of aliphatic carboxylic acids is 1. The molecule has 0 spiro atoms. The Morgan fingerprint density at radius 1 is 1.47 bits per heavy atom. The summed E-state index contributed by atoms with van der Waals surface area (Å²) in [6.45, 7) is 7.99. The molecule has 0 bridgehead atoms. The fourth-order valence-corrected chi connectivity index (χ4v) is 1.09. The quantitative estimate of drug-likeness (QED) is 0.582. The first kappa shape index (κ1) is 14.1. The molecular weight excluding hydrogens is 196 g/mol. The molecule has 3 N–H and O–H groups in total. The molecule has 0 aliphatic rings. The van der Waals surface area contributed by atoms with Crippen molar-refractivity contribution in [2.45, 2.75) is 45.3 Å². The van der Waals surface area contributed by atoms with E-state index in [0.29, 0.717) is 0 Å². The van der Waals surface area contributed by atoms with Gasteiger partial charge in [0.25, 0.3) is 0 Å². The lowest BCUT2D eigenvalue weighted by atomic mass is 9.83. The van der Waals surface area contributed by atoms with Crippen LogP contribution in [-0.4, -0.2) is 33.0 Å². The van der Waals surface area contributed by atoms with E-state index >= 15 is 0 Å². The van der Waals surface area contributed by atoms with Crippen molar-refractivity contribution in [1.82, 2.24) is 0 Å². The molecular formula is C11H20O4. The molecule has 15 heavy (non-hydrogen) atoms. The third-order valence-electron chi connectivity index (χ3n) is 2.69. The van der Waals surface area contributed by atoms with Crippen molar-refractivity contribution in [3.63, 3.8) is 0 Å². The molecule has 4 heteroatoms. The molecule has 0 aromatic heterocycles. The predicted octanol–water partition coefficient (Wildman–Crippen LogP) is 1.18. The van der Waals surface area contributed by atoms with Crippen LogP contribution in [0.4, 0.5) is 0 Å². The Morgan fingerprint density at radius 3 is 2.20 bits per heavy atom.